The van der Waals surface area contributed by atoms with E-state index in [1.54, 1.807) is 11.3 Å². The number of benzene rings is 2. The van der Waals surface area contributed by atoms with Gasteiger partial charge in [0.15, 0.2) is 3.92 Å². The lowest BCUT2D eigenvalue weighted by atomic mass is 10.1. The Hall–Kier alpha value is -0.900. The largest absolute Gasteiger partial charge is 0.229 e. The Kier molecular flexibility index (Phi) is 2.90. The molecule has 4 heteroatoms. The van der Waals surface area contributed by atoms with Gasteiger partial charge in [-0.15, -0.1) is 11.3 Å². The summed E-state index contributed by atoms with van der Waals surface area (Å²) >= 11 is 11.4. The molecule has 3 rings (SSSR count). The number of hydrogen-bond acceptors (Lipinski definition) is 2. The number of fused-ring (bicyclic) bond motifs is 1. The first-order valence-corrected chi connectivity index (χ1v) is 7.04. The highest BCUT2D eigenvalue weighted by Gasteiger charge is 2.10. The molecule has 0 aliphatic heterocycles. The molecule has 1 nitrogen and oxygen atoms in total. The van der Waals surface area contributed by atoms with E-state index >= 15 is 0 Å². The molecule has 1 heterocycles. The summed E-state index contributed by atoms with van der Waals surface area (Å²) in [6.45, 7) is 0. The van der Waals surface area contributed by atoms with Crippen LogP contribution in [0.4, 0.5) is 0 Å². The lowest BCUT2D eigenvalue weighted by molar-refractivity contribution is 1.45. The Bertz CT molecular complexity index is 678. The summed E-state index contributed by atoms with van der Waals surface area (Å²) in [7, 11) is 0. The quantitative estimate of drug-likeness (QED) is 0.585. The third kappa shape index (κ3) is 1.99. The van der Waals surface area contributed by atoms with Crippen molar-refractivity contribution in [1.29, 1.82) is 0 Å². The molecule has 2 aromatic carbocycles. The number of nitrogens with zero attached hydrogens (tertiary/aromatic N) is 1. The van der Waals surface area contributed by atoms with Gasteiger partial charge in [0.25, 0.3) is 0 Å². The van der Waals surface area contributed by atoms with Gasteiger partial charge in [-0.3, -0.25) is 0 Å². The molecule has 0 bridgehead atoms. The van der Waals surface area contributed by atoms with Crippen LogP contribution >= 0.6 is 38.9 Å². The Morgan fingerprint density at radius 1 is 1.06 bits per heavy atom. The summed E-state index contributed by atoms with van der Waals surface area (Å²) in [5, 5.41) is 0.775. The summed E-state index contributed by atoms with van der Waals surface area (Å²) in [6.07, 6.45) is 0. The predicted molar refractivity (Wildman–Crippen MR) is 77.8 cm³/mol. The molecule has 0 saturated heterocycles. The van der Waals surface area contributed by atoms with Gasteiger partial charge in [0.1, 0.15) is 0 Å². The summed E-state index contributed by atoms with van der Waals surface area (Å²) in [4.78, 5) is 4.36. The van der Waals surface area contributed by atoms with E-state index < -0.39 is 0 Å². The second-order valence-corrected chi connectivity index (χ2v) is 6.26. The molecular formula is C13H7BrClNS. The molecule has 1 aromatic heterocycles. The molecule has 3 aromatic rings. The molecule has 17 heavy (non-hydrogen) atoms. The van der Waals surface area contributed by atoms with E-state index in [0.717, 1.165) is 30.3 Å². The van der Waals surface area contributed by atoms with Crippen molar-refractivity contribution in [2.45, 2.75) is 0 Å². The van der Waals surface area contributed by atoms with Gasteiger partial charge in [-0.1, -0.05) is 48.0 Å². The zero-order valence-corrected chi connectivity index (χ0v) is 11.8. The smallest absolute Gasteiger partial charge is 0.160 e. The third-order valence-electron chi connectivity index (χ3n) is 2.56. The zero-order chi connectivity index (χ0) is 11.8. The molecule has 0 aliphatic carbocycles. The minimum absolute atomic E-state index is 0.775. The van der Waals surface area contributed by atoms with Crippen LogP contribution in [0.25, 0.3) is 21.3 Å². The monoisotopic (exact) mass is 323 g/mol. The molecule has 0 N–H and O–H groups in total. The van der Waals surface area contributed by atoms with E-state index in [1.807, 2.05) is 30.3 Å². The number of thiazole rings is 1. The summed E-state index contributed by atoms with van der Waals surface area (Å²) in [5.41, 5.74) is 3.12. The van der Waals surface area contributed by atoms with Crippen LogP contribution < -0.4 is 0 Å². The van der Waals surface area contributed by atoms with Crippen LogP contribution in [-0.2, 0) is 0 Å². The molecule has 0 atom stereocenters. The predicted octanol–water partition coefficient (Wildman–Crippen LogP) is 5.38. The Balaban J connectivity index is 2.28. The van der Waals surface area contributed by atoms with Crippen molar-refractivity contribution in [3.05, 3.63) is 51.4 Å². The van der Waals surface area contributed by atoms with Crippen LogP contribution in [0.5, 0.6) is 0 Å². The maximum Gasteiger partial charge on any atom is 0.160 e. The van der Waals surface area contributed by atoms with Crippen molar-refractivity contribution in [3.63, 3.8) is 0 Å². The number of halogens is 2. The van der Waals surface area contributed by atoms with E-state index in [0.29, 0.717) is 0 Å². The van der Waals surface area contributed by atoms with E-state index in [4.69, 9.17) is 11.6 Å². The van der Waals surface area contributed by atoms with Crippen LogP contribution in [0.3, 0.4) is 0 Å². The van der Waals surface area contributed by atoms with Crippen LogP contribution in [0.1, 0.15) is 0 Å². The number of rotatable bonds is 1. The van der Waals surface area contributed by atoms with Gasteiger partial charge in [0, 0.05) is 5.56 Å². The fourth-order valence-corrected chi connectivity index (χ4v) is 3.56. The third-order valence-corrected chi connectivity index (χ3v) is 4.60. The van der Waals surface area contributed by atoms with Gasteiger partial charge in [0.2, 0.25) is 0 Å². The molecule has 84 valence electrons. The van der Waals surface area contributed by atoms with Crippen molar-refractivity contribution < 1.29 is 0 Å². The second kappa shape index (κ2) is 4.41. The Morgan fingerprint density at radius 2 is 1.82 bits per heavy atom. The first kappa shape index (κ1) is 11.2. The molecule has 0 spiro atoms. The minimum Gasteiger partial charge on any atom is -0.229 e. The van der Waals surface area contributed by atoms with E-state index in [1.165, 1.54) is 0 Å². The minimum atomic E-state index is 0.775. The standard InChI is InChI=1S/C13H7BrClNS/c14-13-16-10-7-6-9(11(15)12(10)17-13)8-4-2-1-3-5-8/h1-7H. The molecule has 0 amide bonds. The maximum absolute atomic E-state index is 6.44. The molecule has 0 radical (unpaired) electrons. The average Bonchev–Trinajstić information content (AvgIpc) is 2.72. The summed E-state index contributed by atoms with van der Waals surface area (Å²) in [5.74, 6) is 0. The van der Waals surface area contributed by atoms with Gasteiger partial charge in [0.05, 0.1) is 15.2 Å². The highest BCUT2D eigenvalue weighted by molar-refractivity contribution is 9.11. The van der Waals surface area contributed by atoms with Crippen molar-refractivity contribution in [2.75, 3.05) is 0 Å². The van der Waals surface area contributed by atoms with E-state index in [-0.39, 0.29) is 0 Å². The summed E-state index contributed by atoms with van der Waals surface area (Å²) in [6, 6.07) is 14.2. The zero-order valence-electron chi connectivity index (χ0n) is 8.65. The fourth-order valence-electron chi connectivity index (χ4n) is 1.77. The van der Waals surface area contributed by atoms with E-state index in [2.05, 4.69) is 33.0 Å². The average molecular weight is 325 g/mol. The molecule has 0 unspecified atom stereocenters. The van der Waals surface area contributed by atoms with Crippen LogP contribution in [-0.4, -0.2) is 4.98 Å². The van der Waals surface area contributed by atoms with E-state index in [9.17, 15) is 0 Å². The first-order chi connectivity index (χ1) is 8.25. The SMILES string of the molecule is Clc1c(-c2ccccc2)ccc2nc(Br)sc12. The number of hydrogen-bond donors (Lipinski definition) is 0. The van der Waals surface area contributed by atoms with Crippen LogP contribution in [0.2, 0.25) is 5.02 Å². The van der Waals surface area contributed by atoms with Crippen LogP contribution in [0, 0.1) is 0 Å². The van der Waals surface area contributed by atoms with Crippen LogP contribution in [0.15, 0.2) is 46.4 Å². The lowest BCUT2D eigenvalue weighted by Gasteiger charge is -2.04. The maximum atomic E-state index is 6.44. The van der Waals surface area contributed by atoms with Crippen molar-refractivity contribution in [3.8, 4) is 11.1 Å². The van der Waals surface area contributed by atoms with Gasteiger partial charge in [-0.25, -0.2) is 4.98 Å². The first-order valence-electron chi connectivity index (χ1n) is 5.05. The fraction of sp³-hybridized carbons (Fsp3) is 0. The highest BCUT2D eigenvalue weighted by Crippen LogP contribution is 2.38. The highest BCUT2D eigenvalue weighted by atomic mass is 79.9. The molecule has 0 fully saturated rings. The van der Waals surface area contributed by atoms with Gasteiger partial charge < -0.3 is 0 Å². The summed E-state index contributed by atoms with van der Waals surface area (Å²) < 4.78 is 1.89. The van der Waals surface area contributed by atoms with Gasteiger partial charge in [-0.05, 0) is 27.6 Å². The normalized spacial score (nSPS) is 10.9. The topological polar surface area (TPSA) is 12.9 Å². The van der Waals surface area contributed by atoms with Crippen molar-refractivity contribution in [2.24, 2.45) is 0 Å². The Labute approximate surface area is 116 Å². The van der Waals surface area contributed by atoms with Gasteiger partial charge >= 0.3 is 0 Å². The van der Waals surface area contributed by atoms with Crippen molar-refractivity contribution in [1.82, 2.24) is 4.98 Å². The van der Waals surface area contributed by atoms with Crippen molar-refractivity contribution >= 4 is 49.1 Å². The van der Waals surface area contributed by atoms with Gasteiger partial charge in [-0.2, -0.15) is 0 Å². The molecule has 0 aliphatic rings. The molecular weight excluding hydrogens is 318 g/mol. The lowest BCUT2D eigenvalue weighted by Crippen LogP contribution is -1.79. The second-order valence-electron chi connectivity index (χ2n) is 3.61. The molecule has 0 saturated carbocycles. The Morgan fingerprint density at radius 3 is 2.59 bits per heavy atom. The number of aromatic nitrogens is 1.